The molecule has 29 heavy (non-hydrogen) atoms. The maximum Gasteiger partial charge on any atom is 0.407 e. The summed E-state index contributed by atoms with van der Waals surface area (Å²) in [5.74, 6) is 0.166. The van der Waals surface area contributed by atoms with Gasteiger partial charge in [0.15, 0.2) is 0 Å². The number of ether oxygens (including phenoxy) is 1. The van der Waals surface area contributed by atoms with E-state index in [4.69, 9.17) is 4.74 Å². The van der Waals surface area contributed by atoms with E-state index in [1.807, 2.05) is 11.0 Å². The number of hydrogen-bond donors (Lipinski definition) is 1. The minimum absolute atomic E-state index is 0.166. The molecule has 0 aromatic heterocycles. The summed E-state index contributed by atoms with van der Waals surface area (Å²) in [5, 5.41) is 2.82. The van der Waals surface area contributed by atoms with Gasteiger partial charge in [-0.15, -0.1) is 0 Å². The molecule has 1 atom stereocenters. The third-order valence-corrected chi connectivity index (χ3v) is 5.62. The molecule has 0 saturated carbocycles. The monoisotopic (exact) mass is 402 g/mol. The molecule has 2 aliphatic heterocycles. The first-order valence-electron chi connectivity index (χ1n) is 10.9. The molecule has 7 nitrogen and oxygen atoms in total. The fourth-order valence-corrected chi connectivity index (χ4v) is 3.95. The highest BCUT2D eigenvalue weighted by molar-refractivity contribution is 5.78. The summed E-state index contributed by atoms with van der Waals surface area (Å²) < 4.78 is 5.72. The number of anilines is 1. The number of amides is 2. The molecule has 0 aliphatic carbocycles. The van der Waals surface area contributed by atoms with Gasteiger partial charge < -0.3 is 19.9 Å². The van der Waals surface area contributed by atoms with Crippen LogP contribution in [0.3, 0.4) is 0 Å². The van der Waals surface area contributed by atoms with E-state index in [9.17, 15) is 9.59 Å². The molecule has 1 N–H and O–H groups in total. The van der Waals surface area contributed by atoms with Crippen LogP contribution in [-0.2, 0) is 9.53 Å². The van der Waals surface area contributed by atoms with Crippen LogP contribution in [0.2, 0.25) is 0 Å². The summed E-state index contributed by atoms with van der Waals surface area (Å²) in [6, 6.07) is 10.4. The Hall–Kier alpha value is -2.28. The molecule has 1 aromatic carbocycles. The fraction of sp³-hybridized carbons (Fsp3) is 0.636. The topological polar surface area (TPSA) is 65.1 Å². The van der Waals surface area contributed by atoms with Gasteiger partial charge in [-0.05, 0) is 25.0 Å². The second-order valence-corrected chi connectivity index (χ2v) is 7.87. The van der Waals surface area contributed by atoms with Gasteiger partial charge in [0.25, 0.3) is 0 Å². The van der Waals surface area contributed by atoms with E-state index in [1.54, 1.807) is 0 Å². The van der Waals surface area contributed by atoms with Gasteiger partial charge in [-0.25, -0.2) is 4.79 Å². The predicted molar refractivity (Wildman–Crippen MR) is 114 cm³/mol. The average molecular weight is 403 g/mol. The summed E-state index contributed by atoms with van der Waals surface area (Å²) in [5.41, 5.74) is 1.25. The van der Waals surface area contributed by atoms with Crippen LogP contribution in [0.1, 0.15) is 32.6 Å². The van der Waals surface area contributed by atoms with Crippen molar-refractivity contribution in [3.05, 3.63) is 30.3 Å². The molecule has 0 bridgehead atoms. The van der Waals surface area contributed by atoms with Crippen molar-refractivity contribution < 1.29 is 14.3 Å². The van der Waals surface area contributed by atoms with E-state index < -0.39 is 0 Å². The largest absolute Gasteiger partial charge is 0.443 e. The maximum absolute atomic E-state index is 12.2. The number of likely N-dealkylation sites (tertiary alicyclic amines) is 1. The summed E-state index contributed by atoms with van der Waals surface area (Å²) >= 11 is 0. The molecule has 2 saturated heterocycles. The lowest BCUT2D eigenvalue weighted by Gasteiger charge is -2.38. The first-order valence-corrected chi connectivity index (χ1v) is 10.9. The molecule has 1 aromatic rings. The van der Waals surface area contributed by atoms with Crippen molar-refractivity contribution in [1.29, 1.82) is 0 Å². The second-order valence-electron chi connectivity index (χ2n) is 7.87. The molecule has 3 rings (SSSR count). The molecule has 2 aliphatic rings. The SMILES string of the molecule is CCCCNC(=O)OC(CN1CCN(c2ccccc2)CC1)CN1CCCC1=O. The van der Waals surface area contributed by atoms with E-state index in [0.29, 0.717) is 26.1 Å². The van der Waals surface area contributed by atoms with Crippen LogP contribution in [0.15, 0.2) is 30.3 Å². The van der Waals surface area contributed by atoms with E-state index in [0.717, 1.165) is 52.0 Å². The van der Waals surface area contributed by atoms with Crippen LogP contribution in [0, 0.1) is 0 Å². The quantitative estimate of drug-likeness (QED) is 0.642. The average Bonchev–Trinajstić information content (AvgIpc) is 3.14. The van der Waals surface area contributed by atoms with E-state index in [1.165, 1.54) is 5.69 Å². The van der Waals surface area contributed by atoms with Gasteiger partial charge in [0, 0.05) is 57.9 Å². The third-order valence-electron chi connectivity index (χ3n) is 5.62. The Balaban J connectivity index is 1.51. The van der Waals surface area contributed by atoms with Gasteiger partial charge in [0.1, 0.15) is 6.10 Å². The highest BCUT2D eigenvalue weighted by atomic mass is 16.6. The van der Waals surface area contributed by atoms with Crippen molar-refractivity contribution in [2.75, 3.05) is 57.3 Å². The molecular formula is C22H34N4O3. The third kappa shape index (κ3) is 6.63. The van der Waals surface area contributed by atoms with E-state index >= 15 is 0 Å². The minimum atomic E-state index is -0.377. The molecule has 2 heterocycles. The zero-order chi connectivity index (χ0) is 20.5. The Bertz CT molecular complexity index is 647. The molecule has 1 unspecified atom stereocenters. The zero-order valence-electron chi connectivity index (χ0n) is 17.5. The highest BCUT2D eigenvalue weighted by Crippen LogP contribution is 2.17. The normalized spacial score (nSPS) is 18.7. The smallest absolute Gasteiger partial charge is 0.407 e. The van der Waals surface area contributed by atoms with Crippen LogP contribution in [0.5, 0.6) is 0 Å². The summed E-state index contributed by atoms with van der Waals surface area (Å²) in [6.07, 6.45) is 2.78. The number of nitrogens with one attached hydrogen (secondary N) is 1. The number of hydrogen-bond acceptors (Lipinski definition) is 5. The Labute approximate surface area is 174 Å². The molecular weight excluding hydrogens is 368 g/mol. The summed E-state index contributed by atoms with van der Waals surface area (Å²) in [4.78, 5) is 30.8. The molecule has 0 radical (unpaired) electrons. The van der Waals surface area contributed by atoms with Crippen LogP contribution in [0.4, 0.5) is 10.5 Å². The lowest BCUT2D eigenvalue weighted by Crippen LogP contribution is -2.51. The predicted octanol–water partition coefficient (Wildman–Crippen LogP) is 2.33. The van der Waals surface area contributed by atoms with Crippen molar-refractivity contribution in [2.45, 2.75) is 38.7 Å². The number of para-hydroxylation sites is 1. The second kappa shape index (κ2) is 11.0. The van der Waals surface area contributed by atoms with Gasteiger partial charge in [0.2, 0.25) is 5.91 Å². The summed E-state index contributed by atoms with van der Waals surface area (Å²) in [7, 11) is 0. The fourth-order valence-electron chi connectivity index (χ4n) is 3.95. The number of alkyl carbamates (subject to hydrolysis) is 1. The summed E-state index contributed by atoms with van der Waals surface area (Å²) in [6.45, 7) is 8.35. The molecule has 7 heteroatoms. The maximum atomic E-state index is 12.2. The number of nitrogens with zero attached hydrogens (tertiary/aromatic N) is 3. The number of carbonyl (C=O) groups is 2. The highest BCUT2D eigenvalue weighted by Gasteiger charge is 2.28. The van der Waals surface area contributed by atoms with Crippen molar-refractivity contribution in [3.8, 4) is 0 Å². The molecule has 160 valence electrons. The van der Waals surface area contributed by atoms with Gasteiger partial charge in [0.05, 0.1) is 6.54 Å². The number of unbranched alkanes of at least 4 members (excludes halogenated alkanes) is 1. The molecule has 2 fully saturated rings. The minimum Gasteiger partial charge on any atom is -0.443 e. The zero-order valence-corrected chi connectivity index (χ0v) is 17.5. The number of benzene rings is 1. The van der Waals surface area contributed by atoms with Crippen LogP contribution < -0.4 is 10.2 Å². The first-order chi connectivity index (χ1) is 14.2. The Morgan fingerprint density at radius 1 is 1.10 bits per heavy atom. The van der Waals surface area contributed by atoms with E-state index in [2.05, 4.69) is 46.3 Å². The lowest BCUT2D eigenvalue weighted by molar-refractivity contribution is -0.129. The number of piperazine rings is 1. The van der Waals surface area contributed by atoms with E-state index in [-0.39, 0.29) is 18.1 Å². The number of rotatable bonds is 9. The Morgan fingerprint density at radius 3 is 2.52 bits per heavy atom. The van der Waals surface area contributed by atoms with Crippen molar-refractivity contribution >= 4 is 17.7 Å². The van der Waals surface area contributed by atoms with Crippen molar-refractivity contribution in [2.24, 2.45) is 0 Å². The van der Waals surface area contributed by atoms with Crippen LogP contribution in [0.25, 0.3) is 0 Å². The van der Waals surface area contributed by atoms with Gasteiger partial charge in [-0.1, -0.05) is 31.5 Å². The van der Waals surface area contributed by atoms with Gasteiger partial charge >= 0.3 is 6.09 Å². The lowest BCUT2D eigenvalue weighted by atomic mass is 10.2. The Morgan fingerprint density at radius 2 is 1.86 bits per heavy atom. The standard InChI is InChI=1S/C22H34N4O3/c1-2-3-11-23-22(28)29-20(18-26-12-7-10-21(26)27)17-24-13-15-25(16-14-24)19-8-5-4-6-9-19/h4-6,8-9,20H,2-3,7,10-18H2,1H3,(H,23,28). The Kier molecular flexibility index (Phi) is 8.16. The molecule has 0 spiro atoms. The molecule has 2 amide bonds. The van der Waals surface area contributed by atoms with Crippen molar-refractivity contribution in [1.82, 2.24) is 15.1 Å². The first kappa shape index (κ1) is 21.4. The number of carbonyl (C=O) groups excluding carboxylic acids is 2. The van der Waals surface area contributed by atoms with Crippen molar-refractivity contribution in [3.63, 3.8) is 0 Å². The van der Waals surface area contributed by atoms with Crippen LogP contribution >= 0.6 is 0 Å². The van der Waals surface area contributed by atoms with Gasteiger partial charge in [-0.2, -0.15) is 0 Å². The van der Waals surface area contributed by atoms with Crippen LogP contribution in [-0.4, -0.2) is 80.3 Å². The van der Waals surface area contributed by atoms with Gasteiger partial charge in [-0.3, -0.25) is 9.69 Å².